The number of thiazole rings is 1. The summed E-state index contributed by atoms with van der Waals surface area (Å²) in [4.78, 5) is 36.9. The van der Waals surface area contributed by atoms with Crippen molar-refractivity contribution in [3.63, 3.8) is 0 Å². The summed E-state index contributed by atoms with van der Waals surface area (Å²) in [6.45, 7) is 1.82. The van der Waals surface area contributed by atoms with E-state index in [1.54, 1.807) is 23.1 Å². The molecule has 1 amide bonds. The Morgan fingerprint density at radius 1 is 1.16 bits per heavy atom. The molecule has 2 heterocycles. The van der Waals surface area contributed by atoms with E-state index in [-0.39, 0.29) is 17.9 Å². The molecular weight excluding hydrogens is 460 g/mol. The number of aryl methyl sites for hydroxylation is 1. The van der Waals surface area contributed by atoms with Crippen LogP contribution in [0, 0.1) is 6.92 Å². The summed E-state index contributed by atoms with van der Waals surface area (Å²) in [5.41, 5.74) is 3.85. The Kier molecular flexibility index (Phi) is 7.29. The molecule has 0 aliphatic rings. The number of hydrogen-bond donors (Lipinski definition) is 2. The molecule has 32 heavy (non-hydrogen) atoms. The van der Waals surface area contributed by atoms with E-state index in [0.717, 1.165) is 26.0 Å². The fourth-order valence-corrected chi connectivity index (χ4v) is 5.59. The van der Waals surface area contributed by atoms with Crippen molar-refractivity contribution in [2.45, 2.75) is 35.0 Å². The number of carbonyl (C=O) groups excluding carboxylic acids is 1. The second-order valence-electron chi connectivity index (χ2n) is 7.12. The molecule has 164 valence electrons. The van der Waals surface area contributed by atoms with Gasteiger partial charge in [-0.25, -0.2) is 9.97 Å². The highest BCUT2D eigenvalue weighted by Crippen LogP contribution is 2.30. The zero-order valence-corrected chi connectivity index (χ0v) is 20.1. The summed E-state index contributed by atoms with van der Waals surface area (Å²) in [5, 5.41) is 3.51. The van der Waals surface area contributed by atoms with E-state index in [1.165, 1.54) is 17.3 Å². The number of aromatic nitrogens is 3. The topological polar surface area (TPSA) is 87.7 Å². The fraction of sp³-hybridized carbons (Fsp3) is 0.217. The minimum Gasteiger partial charge on any atom is -0.326 e. The quantitative estimate of drug-likeness (QED) is 0.263. The number of carbonyl (C=O) groups is 1. The maximum Gasteiger partial charge on any atom is 0.254 e. The third kappa shape index (κ3) is 5.59. The van der Waals surface area contributed by atoms with Crippen molar-refractivity contribution >= 4 is 56.7 Å². The minimum atomic E-state index is -0.184. The van der Waals surface area contributed by atoms with Gasteiger partial charge in [0.2, 0.25) is 5.91 Å². The second kappa shape index (κ2) is 10.3. The van der Waals surface area contributed by atoms with Gasteiger partial charge in [-0.15, -0.1) is 11.3 Å². The number of thioether (sulfide) groups is 2. The van der Waals surface area contributed by atoms with Crippen molar-refractivity contribution in [1.29, 1.82) is 0 Å². The number of benzene rings is 2. The van der Waals surface area contributed by atoms with Gasteiger partial charge in [0.1, 0.15) is 0 Å². The van der Waals surface area contributed by atoms with Crippen LogP contribution in [0.4, 0.5) is 5.69 Å². The predicted molar refractivity (Wildman–Crippen MR) is 134 cm³/mol. The lowest BCUT2D eigenvalue weighted by atomic mass is 10.1. The lowest BCUT2D eigenvalue weighted by Gasteiger charge is -2.08. The molecule has 6 nitrogen and oxygen atoms in total. The average molecular weight is 483 g/mol. The van der Waals surface area contributed by atoms with Crippen LogP contribution in [0.25, 0.3) is 10.2 Å². The molecule has 0 saturated heterocycles. The van der Waals surface area contributed by atoms with Crippen molar-refractivity contribution in [2.75, 3.05) is 11.6 Å². The van der Waals surface area contributed by atoms with Crippen LogP contribution in [0.1, 0.15) is 23.2 Å². The Bertz CT molecular complexity index is 1300. The van der Waals surface area contributed by atoms with Gasteiger partial charge in [-0.2, -0.15) is 0 Å². The SMILES string of the molecule is CSc1nc2ccc(NC(=O)CCc3c(C)nc(SCc4ccccc4)[nH]c3=O)cc2s1. The van der Waals surface area contributed by atoms with Gasteiger partial charge >= 0.3 is 0 Å². The molecule has 2 N–H and O–H groups in total. The van der Waals surface area contributed by atoms with E-state index in [1.807, 2.05) is 61.7 Å². The van der Waals surface area contributed by atoms with Gasteiger partial charge in [0.05, 0.1) is 10.2 Å². The van der Waals surface area contributed by atoms with Crippen LogP contribution in [-0.2, 0) is 17.0 Å². The molecule has 0 aliphatic heterocycles. The third-order valence-electron chi connectivity index (χ3n) is 4.85. The van der Waals surface area contributed by atoms with Crippen molar-refractivity contribution in [3.8, 4) is 0 Å². The van der Waals surface area contributed by atoms with Crippen molar-refractivity contribution < 1.29 is 4.79 Å². The molecule has 2 aromatic heterocycles. The summed E-state index contributed by atoms with van der Waals surface area (Å²) in [7, 11) is 0. The molecule has 0 spiro atoms. The molecule has 0 atom stereocenters. The third-order valence-corrected chi connectivity index (χ3v) is 7.80. The average Bonchev–Trinajstić information content (AvgIpc) is 3.20. The van der Waals surface area contributed by atoms with Crippen molar-refractivity contribution in [1.82, 2.24) is 15.0 Å². The van der Waals surface area contributed by atoms with Gasteiger partial charge in [-0.05, 0) is 43.4 Å². The van der Waals surface area contributed by atoms with Gasteiger partial charge in [0.15, 0.2) is 9.50 Å². The van der Waals surface area contributed by atoms with E-state index in [9.17, 15) is 9.59 Å². The first-order valence-electron chi connectivity index (χ1n) is 10.0. The van der Waals surface area contributed by atoms with E-state index >= 15 is 0 Å². The summed E-state index contributed by atoms with van der Waals surface area (Å²) in [5.74, 6) is 0.591. The lowest BCUT2D eigenvalue weighted by molar-refractivity contribution is -0.116. The zero-order valence-electron chi connectivity index (χ0n) is 17.7. The molecule has 4 rings (SSSR count). The Hall–Kier alpha value is -2.62. The highest BCUT2D eigenvalue weighted by Gasteiger charge is 2.12. The van der Waals surface area contributed by atoms with Crippen LogP contribution in [0.5, 0.6) is 0 Å². The van der Waals surface area contributed by atoms with E-state index < -0.39 is 0 Å². The number of H-pyrrole nitrogens is 1. The van der Waals surface area contributed by atoms with Crippen molar-refractivity contribution in [2.24, 2.45) is 0 Å². The second-order valence-corrected chi connectivity index (χ2v) is 10.2. The number of nitrogens with one attached hydrogen (secondary N) is 2. The number of hydrogen-bond acceptors (Lipinski definition) is 7. The van der Waals surface area contributed by atoms with Crippen LogP contribution < -0.4 is 10.9 Å². The standard InChI is InChI=1S/C23H22N4O2S3/c1-14-17(21(29)27-22(24-14)31-13-15-6-4-3-5-7-15)9-11-20(28)25-16-8-10-18-19(12-16)32-23(26-18)30-2/h3-8,10,12H,9,11,13H2,1-2H3,(H,25,28)(H,24,27,29). The molecule has 0 radical (unpaired) electrons. The zero-order chi connectivity index (χ0) is 22.5. The smallest absolute Gasteiger partial charge is 0.254 e. The highest BCUT2D eigenvalue weighted by atomic mass is 32.2. The number of rotatable bonds is 8. The molecular formula is C23H22N4O2S3. The molecule has 0 bridgehead atoms. The number of fused-ring (bicyclic) bond motifs is 1. The summed E-state index contributed by atoms with van der Waals surface area (Å²) >= 11 is 4.70. The van der Waals surface area contributed by atoms with Crippen LogP contribution in [-0.4, -0.2) is 27.1 Å². The Morgan fingerprint density at radius 3 is 2.72 bits per heavy atom. The Morgan fingerprint density at radius 2 is 1.97 bits per heavy atom. The normalized spacial score (nSPS) is 11.1. The lowest BCUT2D eigenvalue weighted by Crippen LogP contribution is -2.20. The van der Waals surface area contributed by atoms with Crippen LogP contribution >= 0.6 is 34.9 Å². The summed E-state index contributed by atoms with van der Waals surface area (Å²) < 4.78 is 2.03. The van der Waals surface area contributed by atoms with E-state index in [4.69, 9.17) is 0 Å². The maximum absolute atomic E-state index is 12.6. The Labute approximate surface area is 198 Å². The van der Waals surface area contributed by atoms with E-state index in [0.29, 0.717) is 22.8 Å². The maximum atomic E-state index is 12.6. The monoisotopic (exact) mass is 482 g/mol. The first-order valence-corrected chi connectivity index (χ1v) is 13.1. The number of nitrogens with zero attached hydrogens (tertiary/aromatic N) is 2. The fourth-order valence-electron chi connectivity index (χ4n) is 3.20. The van der Waals surface area contributed by atoms with Gasteiger partial charge in [-0.1, -0.05) is 53.9 Å². The molecule has 2 aromatic carbocycles. The van der Waals surface area contributed by atoms with Crippen LogP contribution in [0.2, 0.25) is 0 Å². The first kappa shape index (κ1) is 22.6. The van der Waals surface area contributed by atoms with Crippen LogP contribution in [0.3, 0.4) is 0 Å². The van der Waals surface area contributed by atoms with Gasteiger partial charge in [0, 0.05) is 29.1 Å². The summed E-state index contributed by atoms with van der Waals surface area (Å²) in [6.07, 6.45) is 2.54. The Balaban J connectivity index is 1.36. The minimum absolute atomic E-state index is 0.139. The largest absolute Gasteiger partial charge is 0.326 e. The number of anilines is 1. The van der Waals surface area contributed by atoms with Crippen LogP contribution in [0.15, 0.2) is 62.8 Å². The van der Waals surface area contributed by atoms with Gasteiger partial charge in [-0.3, -0.25) is 9.59 Å². The van der Waals surface area contributed by atoms with Gasteiger partial charge in [0.25, 0.3) is 5.56 Å². The number of amides is 1. The molecule has 0 aliphatic carbocycles. The molecule has 9 heteroatoms. The predicted octanol–water partition coefficient (Wildman–Crippen LogP) is 5.27. The first-order chi connectivity index (χ1) is 15.5. The summed E-state index contributed by atoms with van der Waals surface area (Å²) in [6, 6.07) is 15.7. The van der Waals surface area contributed by atoms with Crippen molar-refractivity contribution in [3.05, 3.63) is 75.7 Å². The van der Waals surface area contributed by atoms with Gasteiger partial charge < -0.3 is 10.3 Å². The highest BCUT2D eigenvalue weighted by molar-refractivity contribution is 8.00. The van der Waals surface area contributed by atoms with E-state index in [2.05, 4.69) is 20.3 Å². The number of aromatic amines is 1. The molecule has 4 aromatic rings. The molecule has 0 fully saturated rings. The molecule has 0 unspecified atom stereocenters. The molecule has 0 saturated carbocycles.